The van der Waals surface area contributed by atoms with E-state index in [1.165, 1.54) is 0 Å². The molecule has 2 heterocycles. The fourth-order valence-corrected chi connectivity index (χ4v) is 1.66. The molecular formula is C2H2B10S. The van der Waals surface area contributed by atoms with E-state index < -0.39 is 0 Å². The Labute approximate surface area is 94.0 Å². The molecule has 0 N–H and O–H groups in total. The van der Waals surface area contributed by atoms with Crippen molar-refractivity contribution >= 4 is 83.7 Å². The first kappa shape index (κ1) is 10.5. The molecule has 2 fully saturated rings. The van der Waals surface area contributed by atoms with Crippen LogP contribution in [0, 0.1) is 0 Å². The van der Waals surface area contributed by atoms with Gasteiger partial charge in [0.15, 0.2) is 0 Å². The minimum atomic E-state index is -0.000972. The lowest BCUT2D eigenvalue weighted by atomic mass is 8.89. The molecule has 0 aliphatic carbocycles. The molecule has 0 nitrogen and oxygen atoms in total. The molecule has 2 atom stereocenters. The van der Waals surface area contributed by atoms with Crippen molar-refractivity contribution in [3.8, 4) is 0 Å². The second-order valence-corrected chi connectivity index (χ2v) is 4.06. The van der Waals surface area contributed by atoms with Gasteiger partial charge in [0.1, 0.15) is 7.28 Å². The molecule has 2 unspecified atom stereocenters. The third kappa shape index (κ3) is 2.97. The van der Waals surface area contributed by atoms with Gasteiger partial charge in [-0.1, -0.05) is 4.55 Å². The highest BCUT2D eigenvalue weighted by atomic mass is 32.1. The summed E-state index contributed by atoms with van der Waals surface area (Å²) in [5.74, 6) is 0. The lowest BCUT2D eigenvalue weighted by molar-refractivity contribution is 1.39. The molecule has 10 radical (unpaired) electrons. The molecule has 2 aliphatic heterocycles. The van der Waals surface area contributed by atoms with Crippen molar-refractivity contribution in [3.05, 3.63) is 0 Å². The SMILES string of the molecule is SC12[B][B][B][B][B][B][B][B][B]C1[B]2. The van der Waals surface area contributed by atoms with Gasteiger partial charge < -0.3 is 0 Å². The van der Waals surface area contributed by atoms with Crippen molar-refractivity contribution < 1.29 is 0 Å². The highest BCUT2D eigenvalue weighted by Gasteiger charge is 2.49. The molecule has 0 amide bonds. The van der Waals surface area contributed by atoms with E-state index in [0.29, 0.717) is 5.72 Å². The van der Waals surface area contributed by atoms with E-state index in [0.717, 1.165) is 0 Å². The first-order chi connectivity index (χ1) is 6.31. The van der Waals surface area contributed by atoms with Crippen molar-refractivity contribution in [2.45, 2.75) is 10.3 Å². The van der Waals surface area contributed by atoms with Crippen LogP contribution in [0.3, 0.4) is 0 Å². The van der Waals surface area contributed by atoms with Crippen LogP contribution in [-0.2, 0) is 0 Å². The van der Waals surface area contributed by atoms with Gasteiger partial charge in [0.2, 0.25) is 0 Å². The molecule has 2 aliphatic rings. The van der Waals surface area contributed by atoms with Crippen LogP contribution >= 0.6 is 12.6 Å². The Kier molecular flexibility index (Phi) is 3.79. The first-order valence-electron chi connectivity index (χ1n) is 4.42. The topological polar surface area (TPSA) is 0 Å². The molecule has 2 saturated heterocycles. The molecule has 0 spiro atoms. The summed E-state index contributed by atoms with van der Waals surface area (Å²) in [6.45, 7) is 0. The Morgan fingerprint density at radius 3 is 2.23 bits per heavy atom. The Bertz CT molecular complexity index is 174. The van der Waals surface area contributed by atoms with Crippen LogP contribution in [0.25, 0.3) is 0 Å². The van der Waals surface area contributed by atoms with Crippen LogP contribution in [0.1, 0.15) is 0 Å². The average molecular weight is 166 g/mol. The zero-order valence-corrected chi connectivity index (χ0v) is 8.19. The van der Waals surface area contributed by atoms with Crippen molar-refractivity contribution in [2.75, 3.05) is 0 Å². The molecule has 0 aromatic carbocycles. The monoisotopic (exact) mass is 168 g/mol. The van der Waals surface area contributed by atoms with Gasteiger partial charge in [0.05, 0.1) is 7.17 Å². The van der Waals surface area contributed by atoms with Crippen molar-refractivity contribution in [1.29, 1.82) is 0 Å². The summed E-state index contributed by atoms with van der Waals surface area (Å²) >= 11 is 4.57. The second-order valence-electron chi connectivity index (χ2n) is 3.29. The third-order valence-electron chi connectivity index (χ3n) is 2.22. The number of rotatable bonds is 0. The molecule has 0 saturated carbocycles. The summed E-state index contributed by atoms with van der Waals surface area (Å²) < 4.78 is -0.000972. The number of hydrogen-bond donors (Lipinski definition) is 1. The van der Waals surface area contributed by atoms with Crippen LogP contribution < -0.4 is 0 Å². The molecule has 0 aromatic rings. The van der Waals surface area contributed by atoms with Crippen LogP contribution in [0.5, 0.6) is 0 Å². The highest BCUT2D eigenvalue weighted by Crippen LogP contribution is 2.43. The maximum absolute atomic E-state index is 4.57. The number of hydrogen-bond acceptors (Lipinski definition) is 1. The fraction of sp³-hybridized carbons (Fsp3) is 1.00. The lowest BCUT2D eigenvalue weighted by Crippen LogP contribution is -2.32. The van der Waals surface area contributed by atoms with Crippen LogP contribution in [-0.4, -0.2) is 75.6 Å². The van der Waals surface area contributed by atoms with Gasteiger partial charge in [-0.15, -0.1) is 5.72 Å². The standard InChI is InChI=1S/C2H2B10S/c13-2-1(3-2)4-6-8-10-12-11-9-7-5-2/h1,13H. The first-order valence-corrected chi connectivity index (χ1v) is 4.87. The minimum Gasteiger partial charge on any atom is -0.192 e. The molecule has 0 aromatic heterocycles. The number of thiol groups is 1. The molecule has 0 bridgehead atoms. The highest BCUT2D eigenvalue weighted by molar-refractivity contribution is 7.89. The van der Waals surface area contributed by atoms with E-state index in [1.807, 2.05) is 42.4 Å². The molecule has 46 valence electrons. The average Bonchev–Trinajstić information content (AvgIpc) is 2.73. The van der Waals surface area contributed by atoms with Gasteiger partial charge in [-0.2, -0.15) is 12.6 Å². The summed E-state index contributed by atoms with van der Waals surface area (Å²) in [7, 11) is 20.8. The summed E-state index contributed by atoms with van der Waals surface area (Å²) in [4.78, 5) is 0. The normalized spacial score (nSPS) is 35.6. The van der Waals surface area contributed by atoms with Gasteiger partial charge in [0, 0.05) is 56.6 Å². The molecule has 2 rings (SSSR count). The molecular weight excluding hydrogens is 164 g/mol. The second kappa shape index (κ2) is 4.68. The molecule has 13 heavy (non-hydrogen) atoms. The van der Waals surface area contributed by atoms with E-state index in [1.54, 1.807) is 0 Å². The summed E-state index contributed by atoms with van der Waals surface area (Å²) in [6.07, 6.45) is 0. The van der Waals surface area contributed by atoms with E-state index in [-0.39, 0.29) is 4.55 Å². The maximum atomic E-state index is 4.57. The van der Waals surface area contributed by atoms with Crippen molar-refractivity contribution in [3.63, 3.8) is 0 Å². The molecule has 11 heteroatoms. The van der Waals surface area contributed by atoms with Gasteiger partial charge in [0.25, 0.3) is 0 Å². The van der Waals surface area contributed by atoms with Crippen LogP contribution in [0.2, 0.25) is 5.72 Å². The quantitative estimate of drug-likeness (QED) is 0.283. The fourth-order valence-electron chi connectivity index (χ4n) is 1.33. The van der Waals surface area contributed by atoms with Crippen LogP contribution in [0.15, 0.2) is 0 Å². The zero-order valence-electron chi connectivity index (χ0n) is 7.30. The number of fused-ring (bicyclic) bond motifs is 1. The predicted octanol–water partition coefficient (Wildman–Crippen LogP) is -3.29. The summed E-state index contributed by atoms with van der Waals surface area (Å²) in [5.41, 5.74) is 0.489. The summed E-state index contributed by atoms with van der Waals surface area (Å²) in [5, 5.41) is 0. The smallest absolute Gasteiger partial charge is 0.111 e. The van der Waals surface area contributed by atoms with Gasteiger partial charge in [-0.3, -0.25) is 0 Å². The zero-order chi connectivity index (χ0) is 9.15. The third-order valence-corrected chi connectivity index (χ3v) is 2.82. The predicted molar refractivity (Wildman–Crippen MR) is 73.0 cm³/mol. The lowest BCUT2D eigenvalue weighted by Gasteiger charge is -2.08. The van der Waals surface area contributed by atoms with E-state index in [4.69, 9.17) is 0 Å². The van der Waals surface area contributed by atoms with E-state index in [9.17, 15) is 0 Å². The van der Waals surface area contributed by atoms with E-state index >= 15 is 0 Å². The Morgan fingerprint density at radius 2 is 1.46 bits per heavy atom. The largest absolute Gasteiger partial charge is 0.192 e. The summed E-state index contributed by atoms with van der Waals surface area (Å²) in [6, 6.07) is 0. The van der Waals surface area contributed by atoms with Gasteiger partial charge in [-0.05, 0) is 0 Å². The Morgan fingerprint density at radius 1 is 0.846 bits per heavy atom. The van der Waals surface area contributed by atoms with E-state index in [2.05, 4.69) is 41.3 Å². The van der Waals surface area contributed by atoms with Gasteiger partial charge in [-0.25, -0.2) is 0 Å². The minimum absolute atomic E-state index is 0.000972. The maximum Gasteiger partial charge on any atom is 0.111 e. The van der Waals surface area contributed by atoms with Crippen molar-refractivity contribution in [1.82, 2.24) is 0 Å². The Hall–Kier alpha value is 0.999. The Balaban J connectivity index is 1.79. The van der Waals surface area contributed by atoms with Crippen LogP contribution in [0.4, 0.5) is 0 Å². The van der Waals surface area contributed by atoms with Gasteiger partial charge >= 0.3 is 0 Å². The van der Waals surface area contributed by atoms with Crippen molar-refractivity contribution in [2.24, 2.45) is 0 Å².